The molecule has 0 aliphatic rings. The van der Waals surface area contributed by atoms with E-state index in [9.17, 15) is 9.59 Å². The Hall–Kier alpha value is -1.36. The minimum absolute atomic E-state index is 0.0844. The molecule has 5 heteroatoms. The average Bonchev–Trinajstić information content (AvgIpc) is 2.26. The maximum Gasteiger partial charge on any atom is 0.333 e. The normalized spacial score (nSPS) is 11.1. The van der Waals surface area contributed by atoms with Gasteiger partial charge in [0.2, 0.25) is 5.91 Å². The number of carbonyl (C=O) groups excluding carboxylic acids is 2. The minimum atomic E-state index is -0.328. The molecule has 0 unspecified atom stereocenters. The van der Waals surface area contributed by atoms with Crippen molar-refractivity contribution in [2.75, 3.05) is 34.3 Å². The number of esters is 1. The van der Waals surface area contributed by atoms with Gasteiger partial charge in [0.15, 0.2) is 0 Å². The van der Waals surface area contributed by atoms with Crippen molar-refractivity contribution >= 4 is 11.9 Å². The van der Waals surface area contributed by atoms with E-state index in [4.69, 9.17) is 0 Å². The van der Waals surface area contributed by atoms with E-state index in [1.54, 1.807) is 32.0 Å². The standard InChI is InChI=1S/C11H20N2O3/c1-9(11(15)16-4)5-7-12-8-6-10(14)13(2)3/h5,12H,6-8H2,1-4H3. The number of rotatable bonds is 6. The summed E-state index contributed by atoms with van der Waals surface area (Å²) < 4.78 is 4.54. The summed E-state index contributed by atoms with van der Waals surface area (Å²) in [6.45, 7) is 2.85. The number of nitrogens with zero attached hydrogens (tertiary/aromatic N) is 1. The summed E-state index contributed by atoms with van der Waals surface area (Å²) >= 11 is 0. The van der Waals surface area contributed by atoms with Crippen LogP contribution >= 0.6 is 0 Å². The van der Waals surface area contributed by atoms with E-state index in [1.165, 1.54) is 7.11 Å². The molecule has 0 aliphatic carbocycles. The summed E-state index contributed by atoms with van der Waals surface area (Å²) in [5.41, 5.74) is 0.564. The molecule has 92 valence electrons. The smallest absolute Gasteiger partial charge is 0.333 e. The van der Waals surface area contributed by atoms with E-state index in [0.717, 1.165) is 0 Å². The van der Waals surface area contributed by atoms with Crippen molar-refractivity contribution < 1.29 is 14.3 Å². The Kier molecular flexibility index (Phi) is 7.20. The van der Waals surface area contributed by atoms with Gasteiger partial charge in [-0.25, -0.2) is 4.79 Å². The van der Waals surface area contributed by atoms with Crippen LogP contribution in [0.2, 0.25) is 0 Å². The fourth-order valence-electron chi connectivity index (χ4n) is 0.991. The van der Waals surface area contributed by atoms with Crippen LogP contribution in [0.1, 0.15) is 13.3 Å². The Balaban J connectivity index is 3.68. The second-order valence-electron chi connectivity index (χ2n) is 3.62. The summed E-state index contributed by atoms with van der Waals surface area (Å²) in [5.74, 6) is -0.243. The second kappa shape index (κ2) is 7.87. The zero-order valence-electron chi connectivity index (χ0n) is 10.4. The molecule has 0 fully saturated rings. The van der Waals surface area contributed by atoms with Gasteiger partial charge >= 0.3 is 5.97 Å². The number of hydrogen-bond donors (Lipinski definition) is 1. The van der Waals surface area contributed by atoms with Gasteiger partial charge in [0.05, 0.1) is 7.11 Å². The van der Waals surface area contributed by atoms with Crippen LogP contribution in [0.15, 0.2) is 11.6 Å². The third-order valence-corrected chi connectivity index (χ3v) is 2.07. The molecule has 0 aliphatic heterocycles. The Morgan fingerprint density at radius 1 is 1.38 bits per heavy atom. The van der Waals surface area contributed by atoms with Crippen molar-refractivity contribution in [2.24, 2.45) is 0 Å². The first kappa shape index (κ1) is 14.6. The lowest BCUT2D eigenvalue weighted by atomic mass is 10.3. The van der Waals surface area contributed by atoms with Crippen molar-refractivity contribution in [1.82, 2.24) is 10.2 Å². The maximum absolute atomic E-state index is 11.2. The molecular formula is C11H20N2O3. The molecule has 0 heterocycles. The van der Waals surface area contributed by atoms with Crippen LogP contribution < -0.4 is 5.32 Å². The lowest BCUT2D eigenvalue weighted by Gasteiger charge is -2.09. The Bertz CT molecular complexity index is 272. The van der Waals surface area contributed by atoms with Crippen molar-refractivity contribution in [2.45, 2.75) is 13.3 Å². The first-order valence-corrected chi connectivity index (χ1v) is 5.15. The summed E-state index contributed by atoms with van der Waals surface area (Å²) in [6.07, 6.45) is 2.20. The molecule has 0 radical (unpaired) electrons. The molecule has 0 aromatic rings. The highest BCUT2D eigenvalue weighted by molar-refractivity contribution is 5.87. The molecule has 16 heavy (non-hydrogen) atoms. The van der Waals surface area contributed by atoms with Crippen LogP contribution in [0, 0.1) is 0 Å². The van der Waals surface area contributed by atoms with Crippen molar-refractivity contribution in [1.29, 1.82) is 0 Å². The van der Waals surface area contributed by atoms with E-state index in [-0.39, 0.29) is 11.9 Å². The van der Waals surface area contributed by atoms with Gasteiger partial charge in [-0.3, -0.25) is 4.79 Å². The maximum atomic E-state index is 11.2. The van der Waals surface area contributed by atoms with Gasteiger partial charge in [0.1, 0.15) is 0 Å². The SMILES string of the molecule is COC(=O)C(C)=CCNCCC(=O)N(C)C. The monoisotopic (exact) mass is 228 g/mol. The molecule has 0 saturated heterocycles. The van der Waals surface area contributed by atoms with E-state index in [1.807, 2.05) is 0 Å². The fraction of sp³-hybridized carbons (Fsp3) is 0.636. The van der Waals surface area contributed by atoms with Crippen LogP contribution in [0.4, 0.5) is 0 Å². The van der Waals surface area contributed by atoms with Gasteiger partial charge in [-0.1, -0.05) is 6.08 Å². The van der Waals surface area contributed by atoms with Crippen LogP contribution in [-0.2, 0) is 14.3 Å². The minimum Gasteiger partial charge on any atom is -0.466 e. The Morgan fingerprint density at radius 3 is 2.50 bits per heavy atom. The molecule has 0 spiro atoms. The second-order valence-corrected chi connectivity index (χ2v) is 3.62. The van der Waals surface area contributed by atoms with Gasteiger partial charge in [0, 0.05) is 39.2 Å². The van der Waals surface area contributed by atoms with Gasteiger partial charge in [-0.15, -0.1) is 0 Å². The molecule has 0 bridgehead atoms. The number of methoxy groups -OCH3 is 1. The van der Waals surface area contributed by atoms with Crippen molar-refractivity contribution in [3.05, 3.63) is 11.6 Å². The highest BCUT2D eigenvalue weighted by Gasteiger charge is 2.03. The predicted octanol–water partition coefficient (Wildman–Crippen LogP) is 0.174. The highest BCUT2D eigenvalue weighted by Crippen LogP contribution is 1.93. The Morgan fingerprint density at radius 2 is 2.00 bits per heavy atom. The van der Waals surface area contributed by atoms with Crippen LogP contribution in [0.25, 0.3) is 0 Å². The zero-order valence-corrected chi connectivity index (χ0v) is 10.4. The number of carbonyl (C=O) groups is 2. The largest absolute Gasteiger partial charge is 0.466 e. The molecule has 0 saturated carbocycles. The molecule has 1 N–H and O–H groups in total. The first-order valence-electron chi connectivity index (χ1n) is 5.15. The zero-order chi connectivity index (χ0) is 12.6. The van der Waals surface area contributed by atoms with Gasteiger partial charge in [-0.2, -0.15) is 0 Å². The molecule has 0 rings (SSSR count). The summed E-state index contributed by atoms with van der Waals surface area (Å²) in [6, 6.07) is 0. The van der Waals surface area contributed by atoms with E-state index in [2.05, 4.69) is 10.1 Å². The molecule has 0 aromatic heterocycles. The number of nitrogens with one attached hydrogen (secondary N) is 1. The molecule has 1 amide bonds. The predicted molar refractivity (Wildman–Crippen MR) is 62.0 cm³/mol. The van der Waals surface area contributed by atoms with Crippen LogP contribution in [0.3, 0.4) is 0 Å². The molecular weight excluding hydrogens is 208 g/mol. The van der Waals surface area contributed by atoms with Gasteiger partial charge in [-0.05, 0) is 6.92 Å². The third kappa shape index (κ3) is 6.19. The number of ether oxygens (including phenoxy) is 1. The Labute approximate surface area is 96.4 Å². The van der Waals surface area contributed by atoms with Gasteiger partial charge < -0.3 is 15.0 Å². The van der Waals surface area contributed by atoms with E-state index < -0.39 is 0 Å². The summed E-state index contributed by atoms with van der Waals surface area (Å²) in [4.78, 5) is 23.7. The van der Waals surface area contributed by atoms with Crippen LogP contribution in [0.5, 0.6) is 0 Å². The van der Waals surface area contributed by atoms with Crippen molar-refractivity contribution in [3.8, 4) is 0 Å². The number of hydrogen-bond acceptors (Lipinski definition) is 4. The lowest BCUT2D eigenvalue weighted by molar-refractivity contribution is -0.136. The van der Waals surface area contributed by atoms with E-state index >= 15 is 0 Å². The van der Waals surface area contributed by atoms with Crippen LogP contribution in [-0.4, -0.2) is 51.1 Å². The van der Waals surface area contributed by atoms with Gasteiger partial charge in [0.25, 0.3) is 0 Å². The lowest BCUT2D eigenvalue weighted by Crippen LogP contribution is -2.26. The average molecular weight is 228 g/mol. The first-order chi connectivity index (χ1) is 7.49. The summed E-state index contributed by atoms with van der Waals surface area (Å²) in [5, 5.41) is 3.05. The van der Waals surface area contributed by atoms with E-state index in [0.29, 0.717) is 25.1 Å². The van der Waals surface area contributed by atoms with Crippen molar-refractivity contribution in [3.63, 3.8) is 0 Å². The quantitative estimate of drug-likeness (QED) is 0.400. The number of amides is 1. The topological polar surface area (TPSA) is 58.6 Å². The fourth-order valence-corrected chi connectivity index (χ4v) is 0.991. The highest BCUT2D eigenvalue weighted by atomic mass is 16.5. The third-order valence-electron chi connectivity index (χ3n) is 2.07. The molecule has 5 nitrogen and oxygen atoms in total. The molecule has 0 aromatic carbocycles. The molecule has 0 atom stereocenters. The summed E-state index contributed by atoms with van der Waals surface area (Å²) in [7, 11) is 4.80.